The Balaban J connectivity index is 2.94. The van der Waals surface area contributed by atoms with Crippen molar-refractivity contribution in [1.82, 2.24) is 0 Å². The Morgan fingerprint density at radius 1 is 1.41 bits per heavy atom. The molecule has 0 aromatic rings. The summed E-state index contributed by atoms with van der Waals surface area (Å²) >= 11 is 0. The maximum absolute atomic E-state index is 11.8. The van der Waals surface area contributed by atoms with Crippen molar-refractivity contribution in [2.75, 3.05) is 6.61 Å². The maximum Gasteiger partial charge on any atom is 0.333 e. The molecule has 2 atom stereocenters. The SMILES string of the molecule is CCOC(=O)C(C)=C1CC(C)CCC1C(C)C. The van der Waals surface area contributed by atoms with Crippen LogP contribution in [0.1, 0.15) is 53.9 Å². The van der Waals surface area contributed by atoms with Crippen molar-refractivity contribution in [3.8, 4) is 0 Å². The third kappa shape index (κ3) is 3.58. The van der Waals surface area contributed by atoms with E-state index in [-0.39, 0.29) is 5.97 Å². The number of esters is 1. The lowest BCUT2D eigenvalue weighted by atomic mass is 9.72. The summed E-state index contributed by atoms with van der Waals surface area (Å²) in [5.41, 5.74) is 2.20. The molecule has 0 aromatic carbocycles. The normalized spacial score (nSPS) is 28.1. The zero-order valence-electron chi connectivity index (χ0n) is 11.9. The van der Waals surface area contributed by atoms with Crippen molar-refractivity contribution in [3.05, 3.63) is 11.1 Å². The van der Waals surface area contributed by atoms with E-state index in [0.717, 1.165) is 12.0 Å². The minimum Gasteiger partial charge on any atom is -0.463 e. The first kappa shape index (κ1) is 14.3. The molecule has 0 N–H and O–H groups in total. The average molecular weight is 238 g/mol. The molecular weight excluding hydrogens is 212 g/mol. The molecule has 98 valence electrons. The van der Waals surface area contributed by atoms with Crippen molar-refractivity contribution < 1.29 is 9.53 Å². The van der Waals surface area contributed by atoms with Gasteiger partial charge >= 0.3 is 5.97 Å². The predicted molar refractivity (Wildman–Crippen MR) is 70.7 cm³/mol. The quantitative estimate of drug-likeness (QED) is 0.549. The molecule has 0 spiro atoms. The van der Waals surface area contributed by atoms with E-state index >= 15 is 0 Å². The molecule has 1 aliphatic rings. The standard InChI is InChI=1S/C15H26O2/c1-6-17-15(16)12(5)14-9-11(4)7-8-13(14)10(2)3/h10-11,13H,6-9H2,1-5H3. The molecule has 0 aliphatic heterocycles. The van der Waals surface area contributed by atoms with Crippen LogP contribution in [0.4, 0.5) is 0 Å². The van der Waals surface area contributed by atoms with Crippen LogP contribution in [0.2, 0.25) is 0 Å². The molecule has 1 rings (SSSR count). The smallest absolute Gasteiger partial charge is 0.333 e. The van der Waals surface area contributed by atoms with Gasteiger partial charge in [-0.2, -0.15) is 0 Å². The Kier molecular flexibility index (Phi) is 5.23. The summed E-state index contributed by atoms with van der Waals surface area (Å²) in [6.45, 7) is 11.0. The van der Waals surface area contributed by atoms with Crippen LogP contribution >= 0.6 is 0 Å². The summed E-state index contributed by atoms with van der Waals surface area (Å²) in [7, 11) is 0. The number of hydrogen-bond donors (Lipinski definition) is 0. The van der Waals surface area contributed by atoms with E-state index in [1.807, 2.05) is 13.8 Å². The first-order valence-electron chi connectivity index (χ1n) is 6.84. The van der Waals surface area contributed by atoms with Crippen LogP contribution in [0.25, 0.3) is 0 Å². The molecule has 0 saturated heterocycles. The molecule has 1 fully saturated rings. The van der Waals surface area contributed by atoms with Gasteiger partial charge < -0.3 is 4.74 Å². The van der Waals surface area contributed by atoms with Gasteiger partial charge in [0.15, 0.2) is 0 Å². The Hall–Kier alpha value is -0.790. The zero-order valence-corrected chi connectivity index (χ0v) is 11.9. The van der Waals surface area contributed by atoms with E-state index in [1.165, 1.54) is 18.4 Å². The van der Waals surface area contributed by atoms with Crippen molar-refractivity contribution >= 4 is 5.97 Å². The largest absolute Gasteiger partial charge is 0.463 e. The van der Waals surface area contributed by atoms with Gasteiger partial charge in [0.05, 0.1) is 6.61 Å². The molecule has 0 heterocycles. The van der Waals surface area contributed by atoms with E-state index in [9.17, 15) is 4.79 Å². The summed E-state index contributed by atoms with van der Waals surface area (Å²) in [5.74, 6) is 1.75. The van der Waals surface area contributed by atoms with Crippen LogP contribution in [0.5, 0.6) is 0 Å². The maximum atomic E-state index is 11.8. The average Bonchev–Trinajstić information content (AvgIpc) is 2.27. The molecular formula is C15H26O2. The van der Waals surface area contributed by atoms with E-state index in [2.05, 4.69) is 20.8 Å². The lowest BCUT2D eigenvalue weighted by Gasteiger charge is -2.33. The third-order valence-electron chi connectivity index (χ3n) is 3.85. The first-order valence-corrected chi connectivity index (χ1v) is 6.84. The van der Waals surface area contributed by atoms with E-state index in [4.69, 9.17) is 4.74 Å². The topological polar surface area (TPSA) is 26.3 Å². The number of rotatable bonds is 3. The van der Waals surface area contributed by atoms with E-state index < -0.39 is 0 Å². The number of allylic oxidation sites excluding steroid dienone is 1. The van der Waals surface area contributed by atoms with Crippen LogP contribution in [0.3, 0.4) is 0 Å². The molecule has 0 aromatic heterocycles. The second-order valence-corrected chi connectivity index (χ2v) is 5.61. The summed E-state index contributed by atoms with van der Waals surface area (Å²) in [6.07, 6.45) is 3.56. The van der Waals surface area contributed by atoms with Crippen LogP contribution in [-0.2, 0) is 9.53 Å². The first-order chi connectivity index (χ1) is 7.97. The second kappa shape index (κ2) is 6.23. The number of hydrogen-bond acceptors (Lipinski definition) is 2. The van der Waals surface area contributed by atoms with Crippen LogP contribution < -0.4 is 0 Å². The second-order valence-electron chi connectivity index (χ2n) is 5.61. The van der Waals surface area contributed by atoms with Crippen molar-refractivity contribution in [2.45, 2.75) is 53.9 Å². The van der Waals surface area contributed by atoms with Crippen molar-refractivity contribution in [1.29, 1.82) is 0 Å². The molecule has 17 heavy (non-hydrogen) atoms. The highest BCUT2D eigenvalue weighted by Crippen LogP contribution is 2.39. The molecule has 2 heteroatoms. The predicted octanol–water partition coefficient (Wildman–Crippen LogP) is 3.96. The van der Waals surface area contributed by atoms with Crippen LogP contribution in [-0.4, -0.2) is 12.6 Å². The fraction of sp³-hybridized carbons (Fsp3) is 0.800. The summed E-state index contributed by atoms with van der Waals surface area (Å²) < 4.78 is 5.12. The molecule has 0 bridgehead atoms. The fourth-order valence-electron chi connectivity index (χ4n) is 2.80. The minimum absolute atomic E-state index is 0.123. The highest BCUT2D eigenvalue weighted by atomic mass is 16.5. The Bertz CT molecular complexity index is 302. The van der Waals surface area contributed by atoms with E-state index in [1.54, 1.807) is 0 Å². The highest BCUT2D eigenvalue weighted by molar-refractivity contribution is 5.88. The van der Waals surface area contributed by atoms with Crippen LogP contribution in [0.15, 0.2) is 11.1 Å². The number of carbonyl (C=O) groups is 1. The van der Waals surface area contributed by atoms with Gasteiger partial charge in [0.2, 0.25) is 0 Å². The zero-order chi connectivity index (χ0) is 13.0. The van der Waals surface area contributed by atoms with Gasteiger partial charge in [-0.05, 0) is 50.9 Å². The molecule has 0 radical (unpaired) electrons. The molecule has 1 saturated carbocycles. The van der Waals surface area contributed by atoms with Gasteiger partial charge in [0.1, 0.15) is 0 Å². The Labute approximate surface area is 105 Å². The minimum atomic E-state index is -0.123. The van der Waals surface area contributed by atoms with Gasteiger partial charge in [-0.15, -0.1) is 0 Å². The number of ether oxygens (including phenoxy) is 1. The number of carbonyl (C=O) groups excluding carboxylic acids is 1. The van der Waals surface area contributed by atoms with E-state index in [0.29, 0.717) is 24.4 Å². The molecule has 0 amide bonds. The highest BCUT2D eigenvalue weighted by Gasteiger charge is 2.28. The lowest BCUT2D eigenvalue weighted by molar-refractivity contribution is -0.138. The lowest BCUT2D eigenvalue weighted by Crippen LogP contribution is -2.23. The van der Waals surface area contributed by atoms with Gasteiger partial charge in [0.25, 0.3) is 0 Å². The summed E-state index contributed by atoms with van der Waals surface area (Å²) in [5, 5.41) is 0. The van der Waals surface area contributed by atoms with Crippen molar-refractivity contribution in [3.63, 3.8) is 0 Å². The molecule has 2 unspecified atom stereocenters. The van der Waals surface area contributed by atoms with Crippen molar-refractivity contribution in [2.24, 2.45) is 17.8 Å². The monoisotopic (exact) mass is 238 g/mol. The van der Waals surface area contributed by atoms with Gasteiger partial charge in [-0.25, -0.2) is 4.79 Å². The van der Waals surface area contributed by atoms with Gasteiger partial charge in [-0.3, -0.25) is 0 Å². The third-order valence-corrected chi connectivity index (χ3v) is 3.85. The van der Waals surface area contributed by atoms with Crippen LogP contribution in [0, 0.1) is 17.8 Å². The fourth-order valence-corrected chi connectivity index (χ4v) is 2.80. The molecule has 1 aliphatic carbocycles. The summed E-state index contributed by atoms with van der Waals surface area (Å²) in [4.78, 5) is 11.8. The van der Waals surface area contributed by atoms with Gasteiger partial charge in [-0.1, -0.05) is 26.3 Å². The molecule has 2 nitrogen and oxygen atoms in total. The van der Waals surface area contributed by atoms with Gasteiger partial charge in [0, 0.05) is 5.57 Å². The summed E-state index contributed by atoms with van der Waals surface area (Å²) in [6, 6.07) is 0. The Morgan fingerprint density at radius 3 is 2.59 bits per heavy atom. The Morgan fingerprint density at radius 2 is 2.06 bits per heavy atom.